The molecule has 4 nitrogen and oxygen atoms in total. The lowest BCUT2D eigenvalue weighted by atomic mass is 9.92. The van der Waals surface area contributed by atoms with Crippen LogP contribution < -0.4 is 5.73 Å². The first kappa shape index (κ1) is 21.9. The molecule has 2 N–H and O–H groups in total. The first-order valence-electron chi connectivity index (χ1n) is 8.41. The molecule has 26 heavy (non-hydrogen) atoms. The molecule has 140 valence electrons. The third-order valence-corrected chi connectivity index (χ3v) is 4.28. The van der Waals surface area contributed by atoms with Gasteiger partial charge in [0.05, 0.1) is 5.56 Å². The third-order valence-electron chi connectivity index (χ3n) is 4.28. The monoisotopic (exact) mass is 374 g/mol. The van der Waals surface area contributed by atoms with Gasteiger partial charge in [0, 0.05) is 24.7 Å². The molecule has 0 aromatic heterocycles. The summed E-state index contributed by atoms with van der Waals surface area (Å²) in [7, 11) is 1.74. The first-order chi connectivity index (χ1) is 11.7. The van der Waals surface area contributed by atoms with Crippen LogP contribution in [-0.2, 0) is 0 Å². The van der Waals surface area contributed by atoms with Gasteiger partial charge in [0.2, 0.25) is 0 Å². The molecule has 2 rings (SSSR count). The van der Waals surface area contributed by atoms with E-state index in [1.165, 1.54) is 0 Å². The molecule has 2 aromatic rings. The van der Waals surface area contributed by atoms with Crippen LogP contribution in [0.2, 0.25) is 0 Å². The van der Waals surface area contributed by atoms with Crippen LogP contribution in [0.4, 0.5) is 0 Å². The van der Waals surface area contributed by atoms with Gasteiger partial charge >= 0.3 is 0 Å². The minimum Gasteiger partial charge on any atom is -0.341 e. The molecule has 0 saturated heterocycles. The van der Waals surface area contributed by atoms with Crippen molar-refractivity contribution in [1.82, 2.24) is 4.90 Å². The van der Waals surface area contributed by atoms with Crippen LogP contribution in [0.15, 0.2) is 48.5 Å². The Kier molecular flexibility index (Phi) is 7.54. The second-order valence-corrected chi connectivity index (χ2v) is 7.27. The SMILES string of the molecule is Cc1ccc(C(=O)c2ccccc2C(=O)N(C)CC(C)(C)CN)cc1.Cl. The van der Waals surface area contributed by atoms with Gasteiger partial charge in [0.25, 0.3) is 5.91 Å². The van der Waals surface area contributed by atoms with Gasteiger partial charge in [-0.05, 0) is 24.9 Å². The van der Waals surface area contributed by atoms with Gasteiger partial charge in [-0.2, -0.15) is 0 Å². The summed E-state index contributed by atoms with van der Waals surface area (Å²) in [4.78, 5) is 27.4. The molecule has 0 atom stereocenters. The zero-order valence-electron chi connectivity index (χ0n) is 15.8. The van der Waals surface area contributed by atoms with Crippen molar-refractivity contribution in [3.63, 3.8) is 0 Å². The summed E-state index contributed by atoms with van der Waals surface area (Å²) in [6.45, 7) is 7.00. The Bertz CT molecular complexity index is 770. The highest BCUT2D eigenvalue weighted by molar-refractivity contribution is 6.15. The number of aryl methyl sites for hydroxylation is 1. The van der Waals surface area contributed by atoms with Crippen LogP contribution >= 0.6 is 12.4 Å². The van der Waals surface area contributed by atoms with Gasteiger partial charge in [-0.1, -0.05) is 61.9 Å². The molecule has 0 aliphatic carbocycles. The molecular weight excluding hydrogens is 348 g/mol. The standard InChI is InChI=1S/C21H26N2O2.ClH/c1-15-9-11-16(12-10-15)19(24)17-7-5-6-8-18(17)20(25)23(4)14-21(2,3)13-22;/h5-12H,13-14,22H2,1-4H3;1H. The largest absolute Gasteiger partial charge is 0.341 e. The molecule has 0 radical (unpaired) electrons. The van der Waals surface area contributed by atoms with E-state index in [1.807, 2.05) is 32.9 Å². The molecule has 0 aliphatic heterocycles. The topological polar surface area (TPSA) is 63.4 Å². The number of nitrogens with two attached hydrogens (primary N) is 1. The summed E-state index contributed by atoms with van der Waals surface area (Å²) in [6.07, 6.45) is 0. The highest BCUT2D eigenvalue weighted by Crippen LogP contribution is 2.20. The van der Waals surface area contributed by atoms with E-state index in [4.69, 9.17) is 5.73 Å². The summed E-state index contributed by atoms with van der Waals surface area (Å²) < 4.78 is 0. The van der Waals surface area contributed by atoms with Gasteiger partial charge in [-0.3, -0.25) is 9.59 Å². The van der Waals surface area contributed by atoms with Crippen molar-refractivity contribution in [2.75, 3.05) is 20.1 Å². The van der Waals surface area contributed by atoms with Gasteiger partial charge in [0.15, 0.2) is 5.78 Å². The Hall–Kier alpha value is -2.17. The number of amides is 1. The van der Waals surface area contributed by atoms with Crippen molar-refractivity contribution >= 4 is 24.1 Å². The lowest BCUT2D eigenvalue weighted by Gasteiger charge is -2.29. The third kappa shape index (κ3) is 5.16. The van der Waals surface area contributed by atoms with Crippen LogP contribution in [0.1, 0.15) is 45.7 Å². The molecule has 0 aliphatic rings. The second-order valence-electron chi connectivity index (χ2n) is 7.27. The van der Waals surface area contributed by atoms with Crippen molar-refractivity contribution in [1.29, 1.82) is 0 Å². The average Bonchev–Trinajstić information content (AvgIpc) is 2.60. The predicted octanol–water partition coefficient (Wildman–Crippen LogP) is 3.70. The van der Waals surface area contributed by atoms with E-state index in [0.717, 1.165) is 5.56 Å². The van der Waals surface area contributed by atoms with Crippen molar-refractivity contribution in [2.24, 2.45) is 11.1 Å². The molecule has 5 heteroatoms. The molecule has 0 spiro atoms. The molecular formula is C21H27ClN2O2. The molecule has 1 amide bonds. The lowest BCUT2D eigenvalue weighted by molar-refractivity contribution is 0.0736. The Labute approximate surface area is 161 Å². The fourth-order valence-electron chi connectivity index (χ4n) is 2.71. The summed E-state index contributed by atoms with van der Waals surface area (Å²) in [5.41, 5.74) is 8.10. The Morgan fingerprint density at radius 3 is 2.08 bits per heavy atom. The molecule has 2 aromatic carbocycles. The zero-order valence-corrected chi connectivity index (χ0v) is 16.6. The number of hydrogen-bond donors (Lipinski definition) is 1. The highest BCUT2D eigenvalue weighted by atomic mass is 35.5. The van der Waals surface area contributed by atoms with Crippen molar-refractivity contribution in [3.8, 4) is 0 Å². The number of rotatable bonds is 6. The van der Waals surface area contributed by atoms with Gasteiger partial charge in [-0.15, -0.1) is 12.4 Å². The van der Waals surface area contributed by atoms with E-state index in [-0.39, 0.29) is 29.5 Å². The maximum atomic E-state index is 12.9. The molecule has 0 unspecified atom stereocenters. The minimum atomic E-state index is -0.180. The quantitative estimate of drug-likeness (QED) is 0.784. The van der Waals surface area contributed by atoms with E-state index in [1.54, 1.807) is 48.3 Å². The first-order valence-corrected chi connectivity index (χ1v) is 8.41. The van der Waals surface area contributed by atoms with Crippen LogP contribution in [0, 0.1) is 12.3 Å². The molecule has 0 saturated carbocycles. The van der Waals surface area contributed by atoms with Crippen LogP contribution in [0.5, 0.6) is 0 Å². The predicted molar refractivity (Wildman–Crippen MR) is 108 cm³/mol. The Morgan fingerprint density at radius 2 is 1.54 bits per heavy atom. The summed E-state index contributed by atoms with van der Waals surface area (Å²) >= 11 is 0. The average molecular weight is 375 g/mol. The van der Waals surface area contributed by atoms with Crippen LogP contribution in [0.3, 0.4) is 0 Å². The lowest BCUT2D eigenvalue weighted by Crippen LogP contribution is -2.40. The maximum absolute atomic E-state index is 12.9. The summed E-state index contributed by atoms with van der Waals surface area (Å²) in [5.74, 6) is -0.312. The van der Waals surface area contributed by atoms with E-state index in [0.29, 0.717) is 29.8 Å². The number of benzene rings is 2. The second kappa shape index (κ2) is 8.97. The van der Waals surface area contributed by atoms with Gasteiger partial charge in [-0.25, -0.2) is 0 Å². The van der Waals surface area contributed by atoms with Gasteiger partial charge in [0.1, 0.15) is 0 Å². The fourth-order valence-corrected chi connectivity index (χ4v) is 2.71. The Morgan fingerprint density at radius 1 is 1.00 bits per heavy atom. The fraction of sp³-hybridized carbons (Fsp3) is 0.333. The minimum absolute atomic E-state index is 0. The van der Waals surface area contributed by atoms with E-state index in [9.17, 15) is 9.59 Å². The smallest absolute Gasteiger partial charge is 0.254 e. The van der Waals surface area contributed by atoms with Crippen LogP contribution in [0.25, 0.3) is 0 Å². The van der Waals surface area contributed by atoms with Gasteiger partial charge < -0.3 is 10.6 Å². The summed E-state index contributed by atoms with van der Waals surface area (Å²) in [5, 5.41) is 0. The van der Waals surface area contributed by atoms with E-state index in [2.05, 4.69) is 0 Å². The number of carbonyl (C=O) groups is 2. The number of carbonyl (C=O) groups excluding carboxylic acids is 2. The van der Waals surface area contributed by atoms with Crippen molar-refractivity contribution in [3.05, 3.63) is 70.8 Å². The number of ketones is 1. The molecule has 0 heterocycles. The molecule has 0 bridgehead atoms. The van der Waals surface area contributed by atoms with E-state index < -0.39 is 0 Å². The maximum Gasteiger partial charge on any atom is 0.254 e. The highest BCUT2D eigenvalue weighted by Gasteiger charge is 2.25. The van der Waals surface area contributed by atoms with Crippen molar-refractivity contribution in [2.45, 2.75) is 20.8 Å². The zero-order chi connectivity index (χ0) is 18.6. The Balaban J connectivity index is 0.00000338. The number of nitrogens with zero attached hydrogens (tertiary/aromatic N) is 1. The number of halogens is 1. The molecule has 0 fully saturated rings. The number of hydrogen-bond acceptors (Lipinski definition) is 3. The van der Waals surface area contributed by atoms with Crippen LogP contribution in [-0.4, -0.2) is 36.7 Å². The van der Waals surface area contributed by atoms with E-state index >= 15 is 0 Å². The summed E-state index contributed by atoms with van der Waals surface area (Å²) in [6, 6.07) is 14.3. The van der Waals surface area contributed by atoms with Crippen molar-refractivity contribution < 1.29 is 9.59 Å². The normalized spacial score (nSPS) is 10.8.